The number of hydrogen-bond donors (Lipinski definition) is 1. The summed E-state index contributed by atoms with van der Waals surface area (Å²) in [6.07, 6.45) is 2.80. The molecule has 170 valence electrons. The Kier molecular flexibility index (Phi) is 5.35. The van der Waals surface area contributed by atoms with Crippen molar-refractivity contribution in [1.29, 1.82) is 0 Å². The van der Waals surface area contributed by atoms with Gasteiger partial charge in [0.05, 0.1) is 22.9 Å². The monoisotopic (exact) mass is 457 g/mol. The van der Waals surface area contributed by atoms with E-state index in [1.54, 1.807) is 0 Å². The maximum absolute atomic E-state index is 4.92. The summed E-state index contributed by atoms with van der Waals surface area (Å²) in [4.78, 5) is 9.65. The van der Waals surface area contributed by atoms with E-state index in [9.17, 15) is 0 Å². The van der Waals surface area contributed by atoms with E-state index in [4.69, 9.17) is 9.97 Å². The number of aryl methyl sites for hydroxylation is 1. The second-order valence-corrected chi connectivity index (χ2v) is 8.37. The molecule has 0 bridgehead atoms. The van der Waals surface area contributed by atoms with E-state index in [2.05, 4.69) is 80.6 Å². The van der Waals surface area contributed by atoms with Crippen LogP contribution in [0.25, 0.3) is 44.8 Å². The maximum atomic E-state index is 4.92. The number of fused-ring (bicyclic) bond motifs is 1. The second-order valence-electron chi connectivity index (χ2n) is 8.37. The molecular weight excluding hydrogens is 434 g/mol. The molecule has 0 radical (unpaired) electrons. The Balaban J connectivity index is 1.32. The fourth-order valence-electron chi connectivity index (χ4n) is 4.46. The van der Waals surface area contributed by atoms with E-state index < -0.39 is 0 Å². The molecule has 0 unspecified atom stereocenters. The molecule has 0 spiro atoms. The number of nitrogens with one attached hydrogen (secondary N) is 1. The summed E-state index contributed by atoms with van der Waals surface area (Å²) < 4.78 is 2.26. The summed E-state index contributed by atoms with van der Waals surface area (Å²) in [5.41, 5.74) is 8.38. The van der Waals surface area contributed by atoms with Gasteiger partial charge in [0.1, 0.15) is 5.82 Å². The number of imidazole rings is 1. The quantitative estimate of drug-likeness (QED) is 0.354. The van der Waals surface area contributed by atoms with Gasteiger partial charge in [0.2, 0.25) is 5.82 Å². The normalized spacial score (nSPS) is 11.2. The van der Waals surface area contributed by atoms with Gasteiger partial charge >= 0.3 is 0 Å². The Morgan fingerprint density at radius 2 is 1.60 bits per heavy atom. The van der Waals surface area contributed by atoms with Crippen molar-refractivity contribution in [2.24, 2.45) is 0 Å². The number of rotatable bonds is 6. The molecule has 7 heteroatoms. The molecule has 1 N–H and O–H groups in total. The number of aromatic nitrogens is 7. The number of tetrazole rings is 1. The van der Waals surface area contributed by atoms with Crippen LogP contribution in [-0.2, 0) is 13.0 Å². The highest BCUT2D eigenvalue weighted by Crippen LogP contribution is 2.30. The highest BCUT2D eigenvalue weighted by molar-refractivity contribution is 5.81. The number of benzene rings is 3. The molecule has 6 rings (SSSR count). The van der Waals surface area contributed by atoms with Crippen molar-refractivity contribution in [3.8, 4) is 33.8 Å². The van der Waals surface area contributed by atoms with E-state index in [-0.39, 0.29) is 0 Å². The smallest absolute Gasteiger partial charge is 0.205 e. The first-order valence-corrected chi connectivity index (χ1v) is 11.6. The van der Waals surface area contributed by atoms with E-state index >= 15 is 0 Å². The molecule has 0 fully saturated rings. The average molecular weight is 458 g/mol. The summed E-state index contributed by atoms with van der Waals surface area (Å²) in [6, 6.07) is 29.0. The van der Waals surface area contributed by atoms with Gasteiger partial charge in [-0.1, -0.05) is 85.8 Å². The Labute approximate surface area is 202 Å². The van der Waals surface area contributed by atoms with Crippen LogP contribution in [0.1, 0.15) is 18.3 Å². The SMILES string of the molecule is CCc1nc2cc(-c3ccccc3)ncc2n1Cc1ccc(-c2ccccc2-c2nn[nH]n2)cc1. The first-order chi connectivity index (χ1) is 17.3. The van der Waals surface area contributed by atoms with Crippen molar-refractivity contribution in [2.75, 3.05) is 0 Å². The van der Waals surface area contributed by atoms with Gasteiger partial charge in [-0.05, 0) is 28.0 Å². The first-order valence-electron chi connectivity index (χ1n) is 11.6. The number of aromatic amines is 1. The largest absolute Gasteiger partial charge is 0.322 e. The summed E-state index contributed by atoms with van der Waals surface area (Å²) in [7, 11) is 0. The second kappa shape index (κ2) is 8.95. The highest BCUT2D eigenvalue weighted by atomic mass is 15.5. The maximum Gasteiger partial charge on any atom is 0.205 e. The van der Waals surface area contributed by atoms with Gasteiger partial charge in [0.25, 0.3) is 0 Å². The summed E-state index contributed by atoms with van der Waals surface area (Å²) in [6.45, 7) is 2.88. The van der Waals surface area contributed by atoms with Gasteiger partial charge in [-0.2, -0.15) is 5.21 Å². The summed E-state index contributed by atoms with van der Waals surface area (Å²) in [5.74, 6) is 1.64. The highest BCUT2D eigenvalue weighted by Gasteiger charge is 2.13. The minimum absolute atomic E-state index is 0.588. The third-order valence-corrected chi connectivity index (χ3v) is 6.22. The van der Waals surface area contributed by atoms with Gasteiger partial charge in [-0.25, -0.2) is 4.98 Å². The van der Waals surface area contributed by atoms with E-state index in [1.165, 1.54) is 5.56 Å². The van der Waals surface area contributed by atoms with Crippen LogP contribution in [0.5, 0.6) is 0 Å². The molecule has 3 aromatic heterocycles. The first kappa shape index (κ1) is 20.9. The Hall–Kier alpha value is -4.65. The molecule has 6 aromatic rings. The fourth-order valence-corrected chi connectivity index (χ4v) is 4.46. The summed E-state index contributed by atoms with van der Waals surface area (Å²) in [5, 5.41) is 14.5. The van der Waals surface area contributed by atoms with Crippen LogP contribution in [-0.4, -0.2) is 35.2 Å². The molecular formula is C28H23N7. The fraction of sp³-hybridized carbons (Fsp3) is 0.107. The third kappa shape index (κ3) is 3.97. The van der Waals surface area contributed by atoms with Crippen molar-refractivity contribution in [3.05, 3.63) is 103 Å². The van der Waals surface area contributed by atoms with Crippen LogP contribution in [0.15, 0.2) is 91.1 Å². The lowest BCUT2D eigenvalue weighted by Crippen LogP contribution is -2.04. The molecule has 3 heterocycles. The minimum atomic E-state index is 0.588. The van der Waals surface area contributed by atoms with Gasteiger partial charge in [-0.15, -0.1) is 10.2 Å². The molecule has 35 heavy (non-hydrogen) atoms. The van der Waals surface area contributed by atoms with Crippen molar-refractivity contribution in [1.82, 2.24) is 35.2 Å². The predicted molar refractivity (Wildman–Crippen MR) is 136 cm³/mol. The molecule has 0 atom stereocenters. The minimum Gasteiger partial charge on any atom is -0.322 e. The lowest BCUT2D eigenvalue weighted by atomic mass is 9.98. The number of nitrogens with zero attached hydrogens (tertiary/aromatic N) is 6. The van der Waals surface area contributed by atoms with Crippen LogP contribution >= 0.6 is 0 Å². The summed E-state index contributed by atoms with van der Waals surface area (Å²) >= 11 is 0. The lowest BCUT2D eigenvalue weighted by molar-refractivity contribution is 0.752. The van der Waals surface area contributed by atoms with Crippen LogP contribution in [0, 0.1) is 0 Å². The van der Waals surface area contributed by atoms with Crippen LogP contribution in [0.2, 0.25) is 0 Å². The van der Waals surface area contributed by atoms with E-state index in [0.717, 1.165) is 57.8 Å². The third-order valence-electron chi connectivity index (χ3n) is 6.22. The molecule has 0 saturated heterocycles. The van der Waals surface area contributed by atoms with Crippen molar-refractivity contribution in [2.45, 2.75) is 19.9 Å². The zero-order valence-corrected chi connectivity index (χ0v) is 19.3. The molecule has 7 nitrogen and oxygen atoms in total. The van der Waals surface area contributed by atoms with Crippen LogP contribution in [0.4, 0.5) is 0 Å². The molecule has 0 amide bonds. The van der Waals surface area contributed by atoms with Crippen molar-refractivity contribution < 1.29 is 0 Å². The van der Waals surface area contributed by atoms with Crippen molar-refractivity contribution in [3.63, 3.8) is 0 Å². The number of pyridine rings is 1. The van der Waals surface area contributed by atoms with Crippen molar-refractivity contribution >= 4 is 11.0 Å². The van der Waals surface area contributed by atoms with Crippen LogP contribution in [0.3, 0.4) is 0 Å². The Bertz CT molecular complexity index is 1580. The van der Waals surface area contributed by atoms with Gasteiger partial charge in [0, 0.05) is 24.1 Å². The molecule has 3 aromatic carbocycles. The Morgan fingerprint density at radius 1 is 0.829 bits per heavy atom. The zero-order valence-electron chi connectivity index (χ0n) is 19.3. The standard InChI is InChI=1S/C28H23N7/c1-2-27-30-25-16-24(21-8-4-3-5-9-21)29-17-26(25)35(27)18-19-12-14-20(15-13-19)22-10-6-7-11-23(22)28-31-33-34-32-28/h3-17H,2,18H2,1H3,(H,31,32,33,34). The topological polar surface area (TPSA) is 85.2 Å². The van der Waals surface area contributed by atoms with E-state index in [0.29, 0.717) is 5.82 Å². The van der Waals surface area contributed by atoms with Gasteiger partial charge in [-0.3, -0.25) is 4.98 Å². The zero-order chi connectivity index (χ0) is 23.6. The molecule has 0 aliphatic carbocycles. The Morgan fingerprint density at radius 3 is 2.34 bits per heavy atom. The lowest BCUT2D eigenvalue weighted by Gasteiger charge is -2.11. The molecule has 0 saturated carbocycles. The molecule has 0 aliphatic rings. The van der Waals surface area contributed by atoms with Gasteiger partial charge < -0.3 is 4.57 Å². The predicted octanol–water partition coefficient (Wildman–Crippen LogP) is 5.56. The van der Waals surface area contributed by atoms with Gasteiger partial charge in [0.15, 0.2) is 0 Å². The average Bonchev–Trinajstić information content (AvgIpc) is 3.58. The van der Waals surface area contributed by atoms with E-state index in [1.807, 2.05) is 42.6 Å². The van der Waals surface area contributed by atoms with Crippen LogP contribution < -0.4 is 0 Å². The number of H-pyrrole nitrogens is 1. The number of hydrogen-bond acceptors (Lipinski definition) is 5. The molecule has 0 aliphatic heterocycles.